The Balaban J connectivity index is 2.07. The summed E-state index contributed by atoms with van der Waals surface area (Å²) in [4.78, 5) is 18.1. The van der Waals surface area contributed by atoms with Crippen molar-refractivity contribution in [3.8, 4) is 0 Å². The standard InChI is InChI=1S/C14H20N2O2/c1-14(2)10-12(6-9-18-14)16(3)13(17)11-4-7-15-8-5-11/h4-5,7-8,12H,6,9-10H2,1-3H3/t12-/m1/s1. The van der Waals surface area contributed by atoms with Gasteiger partial charge in [-0.1, -0.05) is 0 Å². The summed E-state index contributed by atoms with van der Waals surface area (Å²) >= 11 is 0. The molecule has 0 aliphatic carbocycles. The van der Waals surface area contributed by atoms with Crippen molar-refractivity contribution in [3.05, 3.63) is 30.1 Å². The van der Waals surface area contributed by atoms with E-state index < -0.39 is 0 Å². The van der Waals surface area contributed by atoms with Crippen LogP contribution in [0.2, 0.25) is 0 Å². The number of aromatic nitrogens is 1. The maximum absolute atomic E-state index is 12.3. The van der Waals surface area contributed by atoms with Gasteiger partial charge >= 0.3 is 0 Å². The molecule has 1 saturated heterocycles. The minimum absolute atomic E-state index is 0.0556. The van der Waals surface area contributed by atoms with Gasteiger partial charge < -0.3 is 9.64 Å². The van der Waals surface area contributed by atoms with E-state index in [4.69, 9.17) is 4.74 Å². The van der Waals surface area contributed by atoms with Crippen LogP contribution in [0.3, 0.4) is 0 Å². The summed E-state index contributed by atoms with van der Waals surface area (Å²) in [6.45, 7) is 4.86. The predicted molar refractivity (Wildman–Crippen MR) is 69.4 cm³/mol. The van der Waals surface area contributed by atoms with Gasteiger partial charge in [-0.05, 0) is 38.8 Å². The molecule has 4 nitrogen and oxygen atoms in total. The fourth-order valence-corrected chi connectivity index (χ4v) is 2.39. The van der Waals surface area contributed by atoms with Crippen LogP contribution in [0.25, 0.3) is 0 Å². The summed E-state index contributed by atoms with van der Waals surface area (Å²) in [5.74, 6) is 0.0556. The van der Waals surface area contributed by atoms with E-state index >= 15 is 0 Å². The van der Waals surface area contributed by atoms with Crippen molar-refractivity contribution >= 4 is 5.91 Å². The second-order valence-corrected chi connectivity index (χ2v) is 5.41. The normalized spacial score (nSPS) is 22.5. The number of pyridine rings is 1. The van der Waals surface area contributed by atoms with Gasteiger partial charge in [0.05, 0.1) is 5.60 Å². The SMILES string of the molecule is CN(C(=O)c1ccncc1)[C@@H]1CCOC(C)(C)C1. The number of amides is 1. The minimum atomic E-state index is -0.143. The average Bonchev–Trinajstić information content (AvgIpc) is 2.37. The van der Waals surface area contributed by atoms with Gasteiger partial charge in [0.25, 0.3) is 5.91 Å². The van der Waals surface area contributed by atoms with Gasteiger partial charge in [0.15, 0.2) is 0 Å². The van der Waals surface area contributed by atoms with Gasteiger partial charge in [0.2, 0.25) is 0 Å². The molecule has 18 heavy (non-hydrogen) atoms. The molecule has 98 valence electrons. The third-order valence-corrected chi connectivity index (χ3v) is 3.47. The molecule has 1 aliphatic rings. The smallest absolute Gasteiger partial charge is 0.253 e. The fourth-order valence-electron chi connectivity index (χ4n) is 2.39. The molecule has 1 amide bonds. The fraction of sp³-hybridized carbons (Fsp3) is 0.571. The number of nitrogens with zero attached hydrogens (tertiary/aromatic N) is 2. The van der Waals surface area contributed by atoms with Crippen LogP contribution in [0.1, 0.15) is 37.0 Å². The lowest BCUT2D eigenvalue weighted by Crippen LogP contribution is -2.46. The number of hydrogen-bond donors (Lipinski definition) is 0. The van der Waals surface area contributed by atoms with Crippen LogP contribution >= 0.6 is 0 Å². The van der Waals surface area contributed by atoms with Crippen molar-refractivity contribution in [1.29, 1.82) is 0 Å². The average molecular weight is 248 g/mol. The van der Waals surface area contributed by atoms with Crippen molar-refractivity contribution in [2.45, 2.75) is 38.3 Å². The van der Waals surface area contributed by atoms with E-state index in [0.717, 1.165) is 12.8 Å². The Morgan fingerprint density at radius 2 is 2.11 bits per heavy atom. The van der Waals surface area contributed by atoms with Crippen molar-refractivity contribution in [3.63, 3.8) is 0 Å². The zero-order valence-electron chi connectivity index (χ0n) is 11.2. The second kappa shape index (κ2) is 5.06. The first-order chi connectivity index (χ1) is 8.49. The molecule has 1 aromatic heterocycles. The van der Waals surface area contributed by atoms with Crippen molar-refractivity contribution in [2.75, 3.05) is 13.7 Å². The third kappa shape index (κ3) is 2.88. The predicted octanol–water partition coefficient (Wildman–Crippen LogP) is 2.11. The molecule has 0 aromatic carbocycles. The first kappa shape index (κ1) is 13.0. The number of ether oxygens (including phenoxy) is 1. The van der Waals surface area contributed by atoms with E-state index in [1.54, 1.807) is 24.5 Å². The van der Waals surface area contributed by atoms with Crippen LogP contribution in [-0.4, -0.2) is 41.1 Å². The molecule has 0 spiro atoms. The van der Waals surface area contributed by atoms with Gasteiger partial charge in [-0.2, -0.15) is 0 Å². The molecule has 0 radical (unpaired) electrons. The monoisotopic (exact) mass is 248 g/mol. The highest BCUT2D eigenvalue weighted by Crippen LogP contribution is 2.27. The maximum Gasteiger partial charge on any atom is 0.253 e. The molecule has 2 rings (SSSR count). The van der Waals surface area contributed by atoms with Crippen LogP contribution in [0.5, 0.6) is 0 Å². The van der Waals surface area contributed by atoms with E-state index in [9.17, 15) is 4.79 Å². The zero-order valence-corrected chi connectivity index (χ0v) is 11.2. The van der Waals surface area contributed by atoms with Crippen LogP contribution in [0, 0.1) is 0 Å². The molecule has 0 saturated carbocycles. The highest BCUT2D eigenvalue weighted by molar-refractivity contribution is 5.94. The van der Waals surface area contributed by atoms with Crippen molar-refractivity contribution in [2.24, 2.45) is 0 Å². The molecular formula is C14H20N2O2. The number of hydrogen-bond acceptors (Lipinski definition) is 3. The van der Waals surface area contributed by atoms with E-state index in [1.165, 1.54) is 0 Å². The lowest BCUT2D eigenvalue weighted by atomic mass is 9.93. The Morgan fingerprint density at radius 1 is 1.44 bits per heavy atom. The second-order valence-electron chi connectivity index (χ2n) is 5.41. The van der Waals surface area contributed by atoms with Gasteiger partial charge in [-0.3, -0.25) is 9.78 Å². The zero-order chi connectivity index (χ0) is 13.2. The van der Waals surface area contributed by atoms with Crippen molar-refractivity contribution < 1.29 is 9.53 Å². The van der Waals surface area contributed by atoms with E-state index in [-0.39, 0.29) is 17.6 Å². The van der Waals surface area contributed by atoms with E-state index in [0.29, 0.717) is 12.2 Å². The molecule has 0 bridgehead atoms. The lowest BCUT2D eigenvalue weighted by Gasteiger charge is -2.39. The topological polar surface area (TPSA) is 42.4 Å². The number of rotatable bonds is 2. The molecule has 1 atom stereocenters. The molecule has 1 aliphatic heterocycles. The Labute approximate surface area is 108 Å². The molecule has 1 aromatic rings. The van der Waals surface area contributed by atoms with E-state index in [1.807, 2.05) is 11.9 Å². The summed E-state index contributed by atoms with van der Waals surface area (Å²) in [5.41, 5.74) is 0.548. The summed E-state index contributed by atoms with van der Waals surface area (Å²) < 4.78 is 5.68. The quantitative estimate of drug-likeness (QED) is 0.805. The van der Waals surface area contributed by atoms with Gasteiger partial charge in [0.1, 0.15) is 0 Å². The largest absolute Gasteiger partial charge is 0.375 e. The molecule has 0 unspecified atom stereocenters. The molecule has 2 heterocycles. The van der Waals surface area contributed by atoms with Crippen molar-refractivity contribution in [1.82, 2.24) is 9.88 Å². The molecule has 1 fully saturated rings. The van der Waals surface area contributed by atoms with Gasteiger partial charge in [0, 0.05) is 37.7 Å². The van der Waals surface area contributed by atoms with Crippen LogP contribution in [0.4, 0.5) is 0 Å². The molecule has 4 heteroatoms. The highest BCUT2D eigenvalue weighted by atomic mass is 16.5. The highest BCUT2D eigenvalue weighted by Gasteiger charge is 2.32. The number of carbonyl (C=O) groups is 1. The number of carbonyl (C=O) groups excluding carboxylic acids is 1. The summed E-state index contributed by atoms with van der Waals surface area (Å²) in [7, 11) is 1.87. The summed E-state index contributed by atoms with van der Waals surface area (Å²) in [6, 6.07) is 3.75. The van der Waals surface area contributed by atoms with Gasteiger partial charge in [-0.25, -0.2) is 0 Å². The first-order valence-corrected chi connectivity index (χ1v) is 6.31. The van der Waals surface area contributed by atoms with E-state index in [2.05, 4.69) is 18.8 Å². The molecule has 0 N–H and O–H groups in total. The Kier molecular flexibility index (Phi) is 3.66. The van der Waals surface area contributed by atoms with Crippen LogP contribution in [-0.2, 0) is 4.74 Å². The Bertz CT molecular complexity index is 417. The molecular weight excluding hydrogens is 228 g/mol. The lowest BCUT2D eigenvalue weighted by molar-refractivity contribution is -0.0756. The minimum Gasteiger partial charge on any atom is -0.375 e. The summed E-state index contributed by atoms with van der Waals surface area (Å²) in [6.07, 6.45) is 5.07. The maximum atomic E-state index is 12.3. The Hall–Kier alpha value is -1.42. The first-order valence-electron chi connectivity index (χ1n) is 6.31. The summed E-state index contributed by atoms with van der Waals surface area (Å²) in [5, 5.41) is 0. The van der Waals surface area contributed by atoms with Crippen LogP contribution in [0.15, 0.2) is 24.5 Å². The van der Waals surface area contributed by atoms with Crippen LogP contribution < -0.4 is 0 Å². The third-order valence-electron chi connectivity index (χ3n) is 3.47. The Morgan fingerprint density at radius 3 is 2.72 bits per heavy atom. The van der Waals surface area contributed by atoms with Gasteiger partial charge in [-0.15, -0.1) is 0 Å².